The molecule has 1 aromatic heterocycles. The number of carbonyl (C=O) groups is 2. The number of anilines is 1. The number of nitrogens with one attached hydrogen (secondary N) is 2. The van der Waals surface area contributed by atoms with Gasteiger partial charge in [0.25, 0.3) is 11.6 Å². The molecule has 0 aliphatic rings. The molecule has 2 aromatic rings. The number of hydrogen-bond donors (Lipinski definition) is 2. The van der Waals surface area contributed by atoms with E-state index in [1.54, 1.807) is 19.9 Å². The van der Waals surface area contributed by atoms with E-state index in [4.69, 9.17) is 4.42 Å². The summed E-state index contributed by atoms with van der Waals surface area (Å²) in [7, 11) is 0. The maximum absolute atomic E-state index is 12.4. The summed E-state index contributed by atoms with van der Waals surface area (Å²) >= 11 is 0. The van der Waals surface area contributed by atoms with Crippen molar-refractivity contribution in [3.63, 3.8) is 0 Å². The van der Waals surface area contributed by atoms with E-state index < -0.39 is 22.8 Å². The highest BCUT2D eigenvalue weighted by Gasteiger charge is 2.26. The van der Waals surface area contributed by atoms with Crippen molar-refractivity contribution in [1.82, 2.24) is 5.32 Å². The van der Waals surface area contributed by atoms with E-state index in [0.717, 1.165) is 0 Å². The third-order valence-corrected chi connectivity index (χ3v) is 3.31. The number of amides is 2. The van der Waals surface area contributed by atoms with Crippen molar-refractivity contribution in [3.05, 3.63) is 58.5 Å². The first-order valence-corrected chi connectivity index (χ1v) is 7.28. The molecular weight excluding hydrogens is 314 g/mol. The van der Waals surface area contributed by atoms with Crippen molar-refractivity contribution in [2.75, 3.05) is 5.32 Å². The average Bonchev–Trinajstić information content (AvgIpc) is 3.06. The van der Waals surface area contributed by atoms with Crippen LogP contribution in [0.2, 0.25) is 0 Å². The molecular formula is C16H17N3O5. The van der Waals surface area contributed by atoms with Crippen LogP contribution in [0.1, 0.15) is 24.4 Å². The molecule has 1 aromatic carbocycles. The maximum Gasteiger partial charge on any atom is 0.287 e. The number of non-ortho nitro benzene ring substituents is 1. The first-order chi connectivity index (χ1) is 11.4. The van der Waals surface area contributed by atoms with Gasteiger partial charge in [0.1, 0.15) is 6.04 Å². The van der Waals surface area contributed by atoms with Gasteiger partial charge in [0, 0.05) is 17.8 Å². The van der Waals surface area contributed by atoms with E-state index in [9.17, 15) is 19.7 Å². The third kappa shape index (κ3) is 4.19. The van der Waals surface area contributed by atoms with Gasteiger partial charge >= 0.3 is 0 Å². The number of furan rings is 1. The Morgan fingerprint density at radius 1 is 1.21 bits per heavy atom. The van der Waals surface area contributed by atoms with E-state index >= 15 is 0 Å². The largest absolute Gasteiger partial charge is 0.459 e. The van der Waals surface area contributed by atoms with E-state index in [2.05, 4.69) is 10.6 Å². The summed E-state index contributed by atoms with van der Waals surface area (Å²) in [5.74, 6) is -1.07. The summed E-state index contributed by atoms with van der Waals surface area (Å²) in [6.45, 7) is 3.56. The van der Waals surface area contributed by atoms with Gasteiger partial charge in [0.05, 0.1) is 11.2 Å². The lowest BCUT2D eigenvalue weighted by Crippen LogP contribution is -2.47. The Morgan fingerprint density at radius 3 is 2.54 bits per heavy atom. The molecule has 0 bridgehead atoms. The van der Waals surface area contributed by atoms with Crippen molar-refractivity contribution < 1.29 is 18.9 Å². The summed E-state index contributed by atoms with van der Waals surface area (Å²) < 4.78 is 5.00. The van der Waals surface area contributed by atoms with Crippen LogP contribution in [0.4, 0.5) is 11.4 Å². The molecule has 0 saturated heterocycles. The van der Waals surface area contributed by atoms with Crippen LogP contribution in [0.15, 0.2) is 47.1 Å². The monoisotopic (exact) mass is 331 g/mol. The van der Waals surface area contributed by atoms with E-state index in [0.29, 0.717) is 0 Å². The fourth-order valence-corrected chi connectivity index (χ4v) is 2.07. The fraction of sp³-hybridized carbons (Fsp3) is 0.250. The minimum Gasteiger partial charge on any atom is -0.459 e. The Hall–Kier alpha value is -3.16. The zero-order chi connectivity index (χ0) is 17.7. The molecule has 1 heterocycles. The summed E-state index contributed by atoms with van der Waals surface area (Å²) in [4.78, 5) is 34.7. The molecule has 0 spiro atoms. The molecule has 2 N–H and O–H groups in total. The van der Waals surface area contributed by atoms with Crippen LogP contribution in [-0.4, -0.2) is 22.8 Å². The lowest BCUT2D eigenvalue weighted by Gasteiger charge is -2.21. The molecule has 1 unspecified atom stereocenters. The number of benzene rings is 1. The molecule has 8 heteroatoms. The van der Waals surface area contributed by atoms with Gasteiger partial charge in [0.15, 0.2) is 5.76 Å². The second-order valence-corrected chi connectivity index (χ2v) is 5.47. The molecule has 0 aliphatic heterocycles. The van der Waals surface area contributed by atoms with Gasteiger partial charge in [-0.1, -0.05) is 19.9 Å². The lowest BCUT2D eigenvalue weighted by molar-refractivity contribution is -0.384. The minimum absolute atomic E-state index is 0.101. The molecule has 0 radical (unpaired) electrons. The zero-order valence-electron chi connectivity index (χ0n) is 13.2. The van der Waals surface area contributed by atoms with Gasteiger partial charge in [-0.05, 0) is 24.1 Å². The second-order valence-electron chi connectivity index (χ2n) is 5.47. The number of nitro benzene ring substituents is 1. The predicted octanol–water partition coefficient (Wildman–Crippen LogP) is 2.58. The van der Waals surface area contributed by atoms with Gasteiger partial charge in [-0.15, -0.1) is 0 Å². The van der Waals surface area contributed by atoms with Crippen molar-refractivity contribution >= 4 is 23.2 Å². The molecule has 2 rings (SSSR count). The second kappa shape index (κ2) is 7.40. The predicted molar refractivity (Wildman–Crippen MR) is 86.5 cm³/mol. The van der Waals surface area contributed by atoms with Crippen LogP contribution in [0.5, 0.6) is 0 Å². The summed E-state index contributed by atoms with van der Waals surface area (Å²) in [6, 6.07) is 7.84. The highest BCUT2D eigenvalue weighted by molar-refractivity contribution is 6.00. The van der Waals surface area contributed by atoms with Crippen LogP contribution in [0.25, 0.3) is 0 Å². The third-order valence-electron chi connectivity index (χ3n) is 3.31. The highest BCUT2D eigenvalue weighted by atomic mass is 16.6. The molecule has 126 valence electrons. The Labute approximate surface area is 138 Å². The Morgan fingerprint density at radius 2 is 1.96 bits per heavy atom. The quantitative estimate of drug-likeness (QED) is 0.623. The first-order valence-electron chi connectivity index (χ1n) is 7.28. The van der Waals surface area contributed by atoms with E-state index in [-0.39, 0.29) is 23.1 Å². The molecule has 24 heavy (non-hydrogen) atoms. The molecule has 1 atom stereocenters. The molecule has 0 aliphatic carbocycles. The number of carbonyl (C=O) groups excluding carboxylic acids is 2. The smallest absolute Gasteiger partial charge is 0.287 e. The van der Waals surface area contributed by atoms with Crippen molar-refractivity contribution in [2.24, 2.45) is 5.92 Å². The standard InChI is InChI=1S/C16H17N3O5/c1-10(2)14(18-15(20)13-7-4-8-24-13)16(21)17-11-5-3-6-12(9-11)19(22)23/h3-10,14H,1-2H3,(H,17,21)(H,18,20). The van der Waals surface area contributed by atoms with Gasteiger partial charge < -0.3 is 15.1 Å². The summed E-state index contributed by atoms with van der Waals surface area (Å²) in [5.41, 5.74) is 0.153. The summed E-state index contributed by atoms with van der Waals surface area (Å²) in [5, 5.41) is 16.0. The molecule has 2 amide bonds. The normalized spacial score (nSPS) is 11.8. The van der Waals surface area contributed by atoms with Gasteiger partial charge in [0.2, 0.25) is 5.91 Å². The fourth-order valence-electron chi connectivity index (χ4n) is 2.07. The zero-order valence-corrected chi connectivity index (χ0v) is 13.2. The van der Waals surface area contributed by atoms with Crippen LogP contribution in [-0.2, 0) is 4.79 Å². The number of hydrogen-bond acceptors (Lipinski definition) is 5. The number of nitro groups is 1. The van der Waals surface area contributed by atoms with E-state index in [1.165, 1.54) is 36.6 Å². The molecule has 0 fully saturated rings. The van der Waals surface area contributed by atoms with Crippen LogP contribution in [0, 0.1) is 16.0 Å². The molecule has 0 saturated carbocycles. The lowest BCUT2D eigenvalue weighted by atomic mass is 10.0. The van der Waals surface area contributed by atoms with Gasteiger partial charge in [-0.25, -0.2) is 0 Å². The number of rotatable bonds is 6. The van der Waals surface area contributed by atoms with Gasteiger partial charge in [-0.3, -0.25) is 19.7 Å². The maximum atomic E-state index is 12.4. The van der Waals surface area contributed by atoms with E-state index in [1.807, 2.05) is 0 Å². The Bertz CT molecular complexity index is 740. The van der Waals surface area contributed by atoms with Crippen LogP contribution < -0.4 is 10.6 Å². The van der Waals surface area contributed by atoms with Crippen molar-refractivity contribution in [3.8, 4) is 0 Å². The number of nitrogens with zero attached hydrogens (tertiary/aromatic N) is 1. The Balaban J connectivity index is 2.10. The highest BCUT2D eigenvalue weighted by Crippen LogP contribution is 2.18. The van der Waals surface area contributed by atoms with Gasteiger partial charge in [-0.2, -0.15) is 0 Å². The van der Waals surface area contributed by atoms with Crippen molar-refractivity contribution in [1.29, 1.82) is 0 Å². The summed E-state index contributed by atoms with van der Waals surface area (Å²) in [6.07, 6.45) is 1.36. The Kier molecular flexibility index (Phi) is 5.31. The van der Waals surface area contributed by atoms with Crippen LogP contribution >= 0.6 is 0 Å². The first kappa shape index (κ1) is 17.2. The van der Waals surface area contributed by atoms with Crippen molar-refractivity contribution in [2.45, 2.75) is 19.9 Å². The SMILES string of the molecule is CC(C)C(NC(=O)c1ccco1)C(=O)Nc1cccc([N+](=O)[O-])c1. The molecule has 8 nitrogen and oxygen atoms in total. The topological polar surface area (TPSA) is 114 Å². The van der Waals surface area contributed by atoms with Crippen LogP contribution in [0.3, 0.4) is 0 Å². The average molecular weight is 331 g/mol. The minimum atomic E-state index is -0.818.